The van der Waals surface area contributed by atoms with E-state index in [2.05, 4.69) is 5.10 Å². The van der Waals surface area contributed by atoms with E-state index >= 15 is 0 Å². The number of carbonyl (C=O) groups excluding carboxylic acids is 2. The zero-order chi connectivity index (χ0) is 20.6. The molecule has 0 radical (unpaired) electrons. The van der Waals surface area contributed by atoms with Crippen LogP contribution in [0.15, 0.2) is 47.4 Å². The van der Waals surface area contributed by atoms with E-state index in [1.807, 2.05) is 51.0 Å². The number of hydrogen-bond donors (Lipinski definition) is 0. The molecule has 30 heavy (non-hydrogen) atoms. The zero-order valence-electron chi connectivity index (χ0n) is 16.7. The molecule has 2 saturated heterocycles. The Hall–Kier alpha value is -2.71. The van der Waals surface area contributed by atoms with Gasteiger partial charge in [0.2, 0.25) is 5.91 Å². The minimum atomic E-state index is -0.347. The molecule has 0 atom stereocenters. The van der Waals surface area contributed by atoms with Crippen LogP contribution in [0, 0.1) is 0 Å². The van der Waals surface area contributed by atoms with E-state index in [1.165, 1.54) is 0 Å². The van der Waals surface area contributed by atoms with Crippen LogP contribution in [-0.2, 0) is 16.0 Å². The van der Waals surface area contributed by atoms with Gasteiger partial charge in [-0.15, -0.1) is 0 Å². The van der Waals surface area contributed by atoms with Crippen LogP contribution in [0.25, 0.3) is 5.52 Å². The summed E-state index contributed by atoms with van der Waals surface area (Å²) >= 11 is 1.61. The van der Waals surface area contributed by atoms with Crippen LogP contribution in [0.5, 0.6) is 0 Å². The molecule has 0 N–H and O–H groups in total. The summed E-state index contributed by atoms with van der Waals surface area (Å²) in [6.45, 7) is 3.03. The third-order valence-corrected chi connectivity index (χ3v) is 6.89. The molecule has 7 nitrogen and oxygen atoms in total. The lowest BCUT2D eigenvalue weighted by Crippen LogP contribution is -2.58. The number of aromatic nitrogens is 2. The second kappa shape index (κ2) is 7.85. The molecule has 0 aliphatic carbocycles. The fourth-order valence-electron chi connectivity index (χ4n) is 4.43. The highest BCUT2D eigenvalue weighted by molar-refractivity contribution is 7.08. The van der Waals surface area contributed by atoms with E-state index < -0.39 is 0 Å². The number of morpholine rings is 1. The molecule has 0 aromatic carbocycles. The predicted octanol–water partition coefficient (Wildman–Crippen LogP) is 2.47. The quantitative estimate of drug-likeness (QED) is 0.648. The summed E-state index contributed by atoms with van der Waals surface area (Å²) in [6, 6.07) is 7.72. The van der Waals surface area contributed by atoms with E-state index in [0.717, 1.165) is 23.9 Å². The first-order valence-corrected chi connectivity index (χ1v) is 11.2. The minimum Gasteiger partial charge on any atom is -0.371 e. The molecule has 1 spiro atoms. The third kappa shape index (κ3) is 3.61. The van der Waals surface area contributed by atoms with Gasteiger partial charge < -0.3 is 14.5 Å². The van der Waals surface area contributed by atoms with Gasteiger partial charge in [0.05, 0.1) is 35.9 Å². The van der Waals surface area contributed by atoms with Crippen molar-refractivity contribution in [2.24, 2.45) is 0 Å². The van der Waals surface area contributed by atoms with Crippen LogP contribution in [-0.4, -0.2) is 69.6 Å². The highest BCUT2D eigenvalue weighted by atomic mass is 32.1. The van der Waals surface area contributed by atoms with E-state index in [4.69, 9.17) is 4.74 Å². The van der Waals surface area contributed by atoms with E-state index in [1.54, 1.807) is 22.0 Å². The first-order chi connectivity index (χ1) is 14.6. The lowest BCUT2D eigenvalue weighted by atomic mass is 9.89. The topological polar surface area (TPSA) is 67.2 Å². The van der Waals surface area contributed by atoms with Gasteiger partial charge in [-0.2, -0.15) is 16.4 Å². The predicted molar refractivity (Wildman–Crippen MR) is 114 cm³/mol. The molecule has 3 aromatic rings. The van der Waals surface area contributed by atoms with Crippen molar-refractivity contribution in [3.05, 3.63) is 58.5 Å². The highest BCUT2D eigenvalue weighted by Crippen LogP contribution is 2.31. The van der Waals surface area contributed by atoms with Crippen LogP contribution in [0.4, 0.5) is 0 Å². The van der Waals surface area contributed by atoms with Gasteiger partial charge in [0.1, 0.15) is 0 Å². The summed E-state index contributed by atoms with van der Waals surface area (Å²) in [7, 11) is 0. The maximum Gasteiger partial charge on any atom is 0.257 e. The fraction of sp³-hybridized carbons (Fsp3) is 0.409. The monoisotopic (exact) mass is 424 g/mol. The minimum absolute atomic E-state index is 0.00671. The molecule has 0 bridgehead atoms. The Balaban J connectivity index is 1.23. The Morgan fingerprint density at radius 1 is 1.13 bits per heavy atom. The standard InChI is InChI=1S/C22H24N4O3S/c27-20(13-17-4-12-30-15-17)25-10-11-29-22(16-25)5-8-24(9-6-22)21(28)18-14-23-26-7-2-1-3-19(18)26/h1-4,7,12,14-15H,5-6,8-11,13,16H2. The van der Waals surface area contributed by atoms with Gasteiger partial charge >= 0.3 is 0 Å². The van der Waals surface area contributed by atoms with Crippen LogP contribution in [0.2, 0.25) is 0 Å². The van der Waals surface area contributed by atoms with Crippen molar-refractivity contribution in [2.45, 2.75) is 24.9 Å². The van der Waals surface area contributed by atoms with Crippen molar-refractivity contribution in [3.63, 3.8) is 0 Å². The maximum absolute atomic E-state index is 13.1. The van der Waals surface area contributed by atoms with Crippen LogP contribution in [0.1, 0.15) is 28.8 Å². The number of piperidine rings is 1. The first-order valence-electron chi connectivity index (χ1n) is 10.3. The number of hydrogen-bond acceptors (Lipinski definition) is 5. The lowest BCUT2D eigenvalue weighted by molar-refractivity contribution is -0.157. The molecule has 0 saturated carbocycles. The molecular formula is C22H24N4O3S. The van der Waals surface area contributed by atoms with Gasteiger partial charge in [0.25, 0.3) is 5.91 Å². The van der Waals surface area contributed by atoms with Crippen LogP contribution >= 0.6 is 11.3 Å². The van der Waals surface area contributed by atoms with Gasteiger partial charge in [-0.1, -0.05) is 6.07 Å². The van der Waals surface area contributed by atoms with Gasteiger partial charge in [-0.25, -0.2) is 4.52 Å². The van der Waals surface area contributed by atoms with Crippen molar-refractivity contribution in [1.29, 1.82) is 0 Å². The number of carbonyl (C=O) groups is 2. The number of fused-ring (bicyclic) bond motifs is 1. The Morgan fingerprint density at radius 3 is 2.80 bits per heavy atom. The fourth-order valence-corrected chi connectivity index (χ4v) is 5.10. The normalized spacial score (nSPS) is 18.8. The average molecular weight is 425 g/mol. The van der Waals surface area contributed by atoms with E-state index in [0.29, 0.717) is 44.8 Å². The molecular weight excluding hydrogens is 400 g/mol. The second-order valence-electron chi connectivity index (χ2n) is 8.04. The molecule has 3 aromatic heterocycles. The number of thiophene rings is 1. The highest BCUT2D eigenvalue weighted by Gasteiger charge is 2.42. The van der Waals surface area contributed by atoms with Gasteiger partial charge in [0.15, 0.2) is 0 Å². The molecule has 156 valence electrons. The van der Waals surface area contributed by atoms with Gasteiger partial charge in [0, 0.05) is 32.4 Å². The molecule has 5 rings (SSSR count). The number of likely N-dealkylation sites (tertiary alicyclic amines) is 1. The first kappa shape index (κ1) is 19.3. The van der Waals surface area contributed by atoms with Crippen LogP contribution in [0.3, 0.4) is 0 Å². The van der Waals surface area contributed by atoms with Gasteiger partial charge in [-0.3, -0.25) is 9.59 Å². The van der Waals surface area contributed by atoms with Crippen molar-refractivity contribution in [1.82, 2.24) is 19.4 Å². The molecule has 2 aliphatic heterocycles. The summed E-state index contributed by atoms with van der Waals surface area (Å²) in [5.41, 5.74) is 2.17. The second-order valence-corrected chi connectivity index (χ2v) is 8.82. The van der Waals surface area contributed by atoms with Crippen molar-refractivity contribution in [2.75, 3.05) is 32.8 Å². The Morgan fingerprint density at radius 2 is 2.00 bits per heavy atom. The zero-order valence-corrected chi connectivity index (χ0v) is 17.5. The van der Waals surface area contributed by atoms with Crippen LogP contribution < -0.4 is 0 Å². The summed E-state index contributed by atoms with van der Waals surface area (Å²) in [5, 5.41) is 8.31. The molecule has 5 heterocycles. The summed E-state index contributed by atoms with van der Waals surface area (Å²) in [6.07, 6.45) is 5.40. The molecule has 8 heteroatoms. The average Bonchev–Trinajstić information content (AvgIpc) is 3.44. The summed E-state index contributed by atoms with van der Waals surface area (Å²) in [4.78, 5) is 29.6. The SMILES string of the molecule is O=C(Cc1ccsc1)N1CCOC2(CCN(C(=O)c3cnn4ccccc34)CC2)C1. The molecule has 2 amide bonds. The molecule has 2 fully saturated rings. The number of rotatable bonds is 3. The summed E-state index contributed by atoms with van der Waals surface area (Å²) < 4.78 is 7.89. The van der Waals surface area contributed by atoms with Crippen molar-refractivity contribution in [3.8, 4) is 0 Å². The Bertz CT molecular complexity index is 1050. The molecule has 2 aliphatic rings. The third-order valence-electron chi connectivity index (χ3n) is 6.16. The van der Waals surface area contributed by atoms with Crippen molar-refractivity contribution < 1.29 is 14.3 Å². The number of nitrogens with zero attached hydrogens (tertiary/aromatic N) is 4. The number of pyridine rings is 1. The number of ether oxygens (including phenoxy) is 1. The van der Waals surface area contributed by atoms with E-state index in [-0.39, 0.29) is 17.4 Å². The smallest absolute Gasteiger partial charge is 0.257 e. The largest absolute Gasteiger partial charge is 0.371 e. The maximum atomic E-state index is 13.1. The summed E-state index contributed by atoms with van der Waals surface area (Å²) in [5.74, 6) is 0.160. The number of amides is 2. The Labute approximate surface area is 178 Å². The van der Waals surface area contributed by atoms with E-state index in [9.17, 15) is 9.59 Å². The molecule has 0 unspecified atom stereocenters. The van der Waals surface area contributed by atoms with Crippen molar-refractivity contribution >= 4 is 28.7 Å². The Kier molecular flexibility index (Phi) is 5.04. The van der Waals surface area contributed by atoms with Gasteiger partial charge in [-0.05, 0) is 47.4 Å². The lowest BCUT2D eigenvalue weighted by Gasteiger charge is -2.47.